The van der Waals surface area contributed by atoms with Gasteiger partial charge in [-0.1, -0.05) is 48.5 Å². The number of carbonyl (C=O) groups excluding carboxylic acids is 2. The van der Waals surface area contributed by atoms with Crippen molar-refractivity contribution in [1.29, 1.82) is 0 Å². The van der Waals surface area contributed by atoms with Gasteiger partial charge in [-0.25, -0.2) is 0 Å². The zero-order valence-corrected chi connectivity index (χ0v) is 13.0. The van der Waals surface area contributed by atoms with Gasteiger partial charge in [-0.05, 0) is 19.1 Å². The molecule has 0 amide bonds. The van der Waals surface area contributed by atoms with Gasteiger partial charge in [0, 0.05) is 5.56 Å². The lowest BCUT2D eigenvalue weighted by Crippen LogP contribution is -2.45. The lowest BCUT2D eigenvalue weighted by molar-refractivity contribution is -0.125. The number of ether oxygens (including phenoxy) is 1. The number of ketones is 2. The van der Waals surface area contributed by atoms with Crippen LogP contribution in [-0.4, -0.2) is 23.7 Å². The minimum atomic E-state index is -1.22. The number of nitrogens with two attached hydrogens (primary N) is 1. The fourth-order valence-corrected chi connectivity index (χ4v) is 1.93. The molecular formula is C17H18ClNO3. The van der Waals surface area contributed by atoms with Gasteiger partial charge in [-0.3, -0.25) is 9.59 Å². The second kappa shape index (κ2) is 8.32. The summed E-state index contributed by atoms with van der Waals surface area (Å²) in [6.07, 6.45) is -0.782. The molecule has 2 rings (SSSR count). The molecule has 0 saturated carbocycles. The Morgan fingerprint density at radius 2 is 1.45 bits per heavy atom. The van der Waals surface area contributed by atoms with E-state index in [1.54, 1.807) is 49.4 Å². The summed E-state index contributed by atoms with van der Waals surface area (Å²) in [4.78, 5) is 24.3. The fourth-order valence-electron chi connectivity index (χ4n) is 1.93. The Balaban J connectivity index is 0.00000242. The average molecular weight is 320 g/mol. The van der Waals surface area contributed by atoms with Crippen molar-refractivity contribution in [3.05, 3.63) is 66.2 Å². The highest BCUT2D eigenvalue weighted by atomic mass is 35.5. The van der Waals surface area contributed by atoms with E-state index in [-0.39, 0.29) is 12.4 Å². The molecule has 2 N–H and O–H groups in total. The monoisotopic (exact) mass is 319 g/mol. The third-order valence-electron chi connectivity index (χ3n) is 3.10. The topological polar surface area (TPSA) is 69.4 Å². The summed E-state index contributed by atoms with van der Waals surface area (Å²) < 4.78 is 5.50. The summed E-state index contributed by atoms with van der Waals surface area (Å²) in [7, 11) is 0. The van der Waals surface area contributed by atoms with Crippen LogP contribution in [0.5, 0.6) is 5.75 Å². The van der Waals surface area contributed by atoms with E-state index < -0.39 is 23.7 Å². The van der Waals surface area contributed by atoms with Crippen LogP contribution in [-0.2, 0) is 4.79 Å². The third-order valence-corrected chi connectivity index (χ3v) is 3.10. The average Bonchev–Trinajstić information content (AvgIpc) is 2.54. The van der Waals surface area contributed by atoms with Gasteiger partial charge in [-0.15, -0.1) is 12.4 Å². The van der Waals surface area contributed by atoms with E-state index in [0.717, 1.165) is 0 Å². The summed E-state index contributed by atoms with van der Waals surface area (Å²) in [6, 6.07) is 16.3. The Hall–Kier alpha value is -2.17. The fraction of sp³-hybridized carbons (Fsp3) is 0.176. The molecule has 2 aromatic rings. The Kier molecular flexibility index (Phi) is 6.76. The molecule has 2 aromatic carbocycles. The molecule has 0 radical (unpaired) electrons. The Bertz CT molecular complexity index is 616. The first kappa shape index (κ1) is 17.9. The van der Waals surface area contributed by atoms with Crippen LogP contribution in [0.1, 0.15) is 17.3 Å². The van der Waals surface area contributed by atoms with Gasteiger partial charge in [0.05, 0.1) is 0 Å². The summed E-state index contributed by atoms with van der Waals surface area (Å²) in [6.45, 7) is 1.59. The van der Waals surface area contributed by atoms with Crippen LogP contribution < -0.4 is 10.5 Å². The maximum atomic E-state index is 12.2. The van der Waals surface area contributed by atoms with E-state index in [1.165, 1.54) is 0 Å². The molecule has 0 aliphatic rings. The third kappa shape index (κ3) is 4.41. The molecule has 0 heterocycles. The first-order chi connectivity index (χ1) is 10.1. The first-order valence-corrected chi connectivity index (χ1v) is 6.70. The van der Waals surface area contributed by atoms with Gasteiger partial charge >= 0.3 is 0 Å². The van der Waals surface area contributed by atoms with Crippen molar-refractivity contribution in [3.8, 4) is 5.75 Å². The van der Waals surface area contributed by atoms with E-state index in [1.807, 2.05) is 18.2 Å². The number of benzene rings is 2. The molecule has 0 aromatic heterocycles. The van der Waals surface area contributed by atoms with Crippen LogP contribution in [0.3, 0.4) is 0 Å². The van der Waals surface area contributed by atoms with Gasteiger partial charge in [-0.2, -0.15) is 0 Å². The van der Waals surface area contributed by atoms with E-state index in [9.17, 15) is 9.59 Å². The van der Waals surface area contributed by atoms with Gasteiger partial charge in [0.25, 0.3) is 0 Å². The highest BCUT2D eigenvalue weighted by Gasteiger charge is 2.28. The lowest BCUT2D eigenvalue weighted by Gasteiger charge is -2.17. The molecule has 22 heavy (non-hydrogen) atoms. The van der Waals surface area contributed by atoms with E-state index in [4.69, 9.17) is 10.5 Å². The largest absolute Gasteiger partial charge is 0.483 e. The van der Waals surface area contributed by atoms with Crippen molar-refractivity contribution in [2.45, 2.75) is 19.1 Å². The van der Waals surface area contributed by atoms with Crippen LogP contribution in [0.2, 0.25) is 0 Å². The van der Waals surface area contributed by atoms with Crippen LogP contribution in [0.15, 0.2) is 60.7 Å². The molecule has 4 nitrogen and oxygen atoms in total. The van der Waals surface area contributed by atoms with Crippen molar-refractivity contribution >= 4 is 24.0 Å². The van der Waals surface area contributed by atoms with Gasteiger partial charge in [0.1, 0.15) is 11.8 Å². The molecule has 0 bridgehead atoms. The minimum absolute atomic E-state index is 0. The molecule has 5 heteroatoms. The number of carbonyl (C=O) groups is 2. The van der Waals surface area contributed by atoms with E-state index in [0.29, 0.717) is 11.3 Å². The van der Waals surface area contributed by atoms with Gasteiger partial charge in [0.2, 0.25) is 0 Å². The summed E-state index contributed by atoms with van der Waals surface area (Å²) in [5.74, 6) is -0.269. The van der Waals surface area contributed by atoms with Crippen molar-refractivity contribution in [2.75, 3.05) is 0 Å². The number of Topliss-reactive ketones (excluding diaryl/α,β-unsaturated/α-hetero) is 2. The smallest absolute Gasteiger partial charge is 0.197 e. The molecule has 0 saturated heterocycles. The van der Waals surface area contributed by atoms with Crippen molar-refractivity contribution in [2.24, 2.45) is 5.73 Å². The highest BCUT2D eigenvalue weighted by molar-refractivity contribution is 6.15. The normalized spacial score (nSPS) is 12.6. The quantitative estimate of drug-likeness (QED) is 0.656. The number of halogens is 1. The zero-order chi connectivity index (χ0) is 15.2. The van der Waals surface area contributed by atoms with Crippen molar-refractivity contribution in [1.82, 2.24) is 0 Å². The number of rotatable bonds is 6. The van der Waals surface area contributed by atoms with Crippen molar-refractivity contribution in [3.63, 3.8) is 0 Å². The van der Waals surface area contributed by atoms with Crippen LogP contribution in [0.4, 0.5) is 0 Å². The molecule has 0 aliphatic heterocycles. The number of hydrogen-bond donors (Lipinski definition) is 1. The van der Waals surface area contributed by atoms with E-state index in [2.05, 4.69) is 0 Å². The Morgan fingerprint density at radius 3 is 2.00 bits per heavy atom. The lowest BCUT2D eigenvalue weighted by atomic mass is 9.99. The standard InChI is InChI=1S/C17H17NO3.ClH/c1-12(21-14-10-6-3-7-11-14)16(19)15(18)17(20)13-8-4-2-5-9-13;/h2-12,15H,18H2,1H3;1H. The van der Waals surface area contributed by atoms with Gasteiger partial charge in [0.15, 0.2) is 17.7 Å². The Morgan fingerprint density at radius 1 is 0.955 bits per heavy atom. The molecule has 0 aliphatic carbocycles. The second-order valence-corrected chi connectivity index (χ2v) is 4.68. The maximum absolute atomic E-state index is 12.2. The van der Waals surface area contributed by atoms with Crippen molar-refractivity contribution < 1.29 is 14.3 Å². The van der Waals surface area contributed by atoms with Crippen LogP contribution >= 0.6 is 12.4 Å². The second-order valence-electron chi connectivity index (χ2n) is 4.68. The number of hydrogen-bond acceptors (Lipinski definition) is 4. The van der Waals surface area contributed by atoms with Crippen LogP contribution in [0.25, 0.3) is 0 Å². The number of para-hydroxylation sites is 1. The van der Waals surface area contributed by atoms with Gasteiger partial charge < -0.3 is 10.5 Å². The summed E-state index contributed by atoms with van der Waals surface area (Å²) >= 11 is 0. The molecule has 2 atom stereocenters. The maximum Gasteiger partial charge on any atom is 0.197 e. The SMILES string of the molecule is CC(Oc1ccccc1)C(=O)C(N)C(=O)c1ccccc1.Cl. The molecular weight excluding hydrogens is 302 g/mol. The Labute approximate surface area is 135 Å². The van der Waals surface area contributed by atoms with Crippen LogP contribution in [0, 0.1) is 0 Å². The molecule has 0 spiro atoms. The predicted octanol–water partition coefficient (Wildman–Crippen LogP) is 2.66. The molecule has 0 fully saturated rings. The molecule has 116 valence electrons. The predicted molar refractivity (Wildman–Crippen MR) is 87.5 cm³/mol. The zero-order valence-electron chi connectivity index (χ0n) is 12.1. The summed E-state index contributed by atoms with van der Waals surface area (Å²) in [5.41, 5.74) is 6.19. The van der Waals surface area contributed by atoms with E-state index >= 15 is 0 Å². The first-order valence-electron chi connectivity index (χ1n) is 6.70. The molecule has 2 unspecified atom stereocenters. The highest BCUT2D eigenvalue weighted by Crippen LogP contribution is 2.12. The minimum Gasteiger partial charge on any atom is -0.483 e. The summed E-state index contributed by atoms with van der Waals surface area (Å²) in [5, 5.41) is 0.